The summed E-state index contributed by atoms with van der Waals surface area (Å²) < 4.78 is 61.2. The quantitative estimate of drug-likeness (QED) is 0.297. The predicted molar refractivity (Wildman–Crippen MR) is 82.1 cm³/mol. The van der Waals surface area contributed by atoms with E-state index in [0.29, 0.717) is 6.42 Å². The molecule has 0 aliphatic rings. The fraction of sp³-hybridized carbons (Fsp3) is 0.600. The molecule has 1 atom stereocenters. The van der Waals surface area contributed by atoms with Crippen LogP contribution in [-0.2, 0) is 21.5 Å². The zero-order chi connectivity index (χ0) is 20.7. The average Bonchev–Trinajstić information content (AvgIpc) is 2.43. The Labute approximate surface area is 150 Å². The van der Waals surface area contributed by atoms with Crippen molar-refractivity contribution in [2.24, 2.45) is 0 Å². The van der Waals surface area contributed by atoms with E-state index in [1.54, 1.807) is 0 Å². The molecule has 0 saturated heterocycles. The van der Waals surface area contributed by atoms with Crippen LogP contribution in [0.5, 0.6) is 0 Å². The van der Waals surface area contributed by atoms with E-state index < -0.39 is 27.6 Å². The lowest BCUT2D eigenvalue weighted by Gasteiger charge is -2.09. The lowest BCUT2D eigenvalue weighted by atomic mass is 10.1. The Kier molecular flexibility index (Phi) is 9.18. The third-order valence-electron chi connectivity index (χ3n) is 3.53. The van der Waals surface area contributed by atoms with Crippen LogP contribution >= 0.6 is 0 Å². The number of hydrogen-bond donors (Lipinski definition) is 1. The maximum Gasteiger partial charge on any atom is 0.485 e. The Bertz CT molecular complexity index is 697. The van der Waals surface area contributed by atoms with E-state index in [-0.39, 0.29) is 0 Å². The highest BCUT2D eigenvalue weighted by Crippen LogP contribution is 2.20. The highest BCUT2D eigenvalue weighted by atomic mass is 32.2. The van der Waals surface area contributed by atoms with Crippen LogP contribution in [0.3, 0.4) is 0 Å². The molecular weight excluding hydrogens is 377 g/mol. The highest BCUT2D eigenvalue weighted by Gasteiger charge is 2.36. The van der Waals surface area contributed by atoms with Crippen molar-refractivity contribution in [1.82, 2.24) is 0 Å². The summed E-state index contributed by atoms with van der Waals surface area (Å²) in [6, 6.07) is 3.74. The van der Waals surface area contributed by atoms with Gasteiger partial charge < -0.3 is 20.2 Å². The van der Waals surface area contributed by atoms with Gasteiger partial charge in [-0.15, -0.1) is 0 Å². The molecule has 1 aromatic heterocycles. The van der Waals surface area contributed by atoms with Crippen LogP contribution in [0.4, 0.5) is 13.2 Å². The van der Waals surface area contributed by atoms with Crippen LogP contribution < -0.4 is 15.4 Å². The van der Waals surface area contributed by atoms with E-state index in [4.69, 9.17) is 13.0 Å². The van der Waals surface area contributed by atoms with Crippen LogP contribution in [0.2, 0.25) is 0 Å². The fourth-order valence-electron chi connectivity index (χ4n) is 2.27. The van der Waals surface area contributed by atoms with Crippen LogP contribution in [0.15, 0.2) is 12.1 Å². The summed E-state index contributed by atoms with van der Waals surface area (Å²) >= 11 is 0. The van der Waals surface area contributed by atoms with Gasteiger partial charge in [0.1, 0.15) is 12.6 Å². The lowest BCUT2D eigenvalue weighted by Crippen LogP contribution is -2.68. The van der Waals surface area contributed by atoms with Crippen molar-refractivity contribution in [3.8, 4) is 0 Å². The van der Waals surface area contributed by atoms with Crippen LogP contribution in [0, 0.1) is 20.8 Å². The molecule has 0 aliphatic carbocycles. The summed E-state index contributed by atoms with van der Waals surface area (Å²) in [5.41, 5.74) is 1.69. The molecule has 1 aromatic rings. The number of carboxylic acid groups (broad SMARTS) is 1. The number of halogens is 3. The molecule has 26 heavy (non-hydrogen) atoms. The van der Waals surface area contributed by atoms with Gasteiger partial charge in [-0.05, 0) is 18.9 Å². The van der Waals surface area contributed by atoms with Gasteiger partial charge in [-0.25, -0.2) is 13.0 Å². The number of carboxylic acids is 1. The van der Waals surface area contributed by atoms with E-state index in [1.807, 2.05) is 0 Å². The Morgan fingerprint density at radius 1 is 1.19 bits per heavy atom. The third-order valence-corrected chi connectivity index (χ3v) is 4.09. The van der Waals surface area contributed by atoms with E-state index >= 15 is 0 Å². The first kappa shape index (κ1) is 24.3. The van der Waals surface area contributed by atoms with Gasteiger partial charge in [0.2, 0.25) is 0 Å². The molecule has 0 aliphatic heterocycles. The van der Waals surface area contributed by atoms with Crippen molar-refractivity contribution in [3.05, 3.63) is 29.1 Å². The zero-order valence-corrected chi connectivity index (χ0v) is 15.6. The molecule has 1 rings (SSSR count). The Morgan fingerprint density at radius 3 is 1.96 bits per heavy atom. The van der Waals surface area contributed by atoms with Crippen molar-refractivity contribution in [3.63, 3.8) is 0 Å². The summed E-state index contributed by atoms with van der Waals surface area (Å²) in [5, 5.41) is 10.5. The normalized spacial score (nSPS) is 12.9. The number of hydrogen-bond acceptors (Lipinski definition) is 5. The second-order valence-electron chi connectivity index (χ2n) is 5.88. The molecule has 0 fully saturated rings. The first-order chi connectivity index (χ1) is 11.7. The van der Waals surface area contributed by atoms with Gasteiger partial charge in [0, 0.05) is 38.8 Å². The number of alkyl halides is 3. The van der Waals surface area contributed by atoms with Crippen LogP contribution in [0.25, 0.3) is 0 Å². The molecule has 0 aromatic carbocycles. The first-order valence-corrected chi connectivity index (χ1v) is 9.11. The maximum absolute atomic E-state index is 10.7. The van der Waals surface area contributed by atoms with Crippen molar-refractivity contribution in [2.75, 3.05) is 0 Å². The molecule has 1 unspecified atom stereocenters. The van der Waals surface area contributed by atoms with Crippen molar-refractivity contribution < 1.29 is 46.3 Å². The van der Waals surface area contributed by atoms with Crippen molar-refractivity contribution in [1.29, 1.82) is 0 Å². The summed E-state index contributed by atoms with van der Waals surface area (Å²) in [4.78, 5) is 10.5. The van der Waals surface area contributed by atoms with Gasteiger partial charge in [-0.3, -0.25) is 0 Å². The van der Waals surface area contributed by atoms with Gasteiger partial charge in [0.05, 0.1) is 5.97 Å². The van der Waals surface area contributed by atoms with Gasteiger partial charge in [0.25, 0.3) is 0 Å². The molecule has 1 heterocycles. The summed E-state index contributed by atoms with van der Waals surface area (Å²) in [6.45, 7) is 7.23. The number of aromatic nitrogens is 1. The molecule has 0 radical (unpaired) electrons. The number of nitrogens with zero attached hydrogens (tertiary/aromatic N) is 1. The number of pyridine rings is 1. The van der Waals surface area contributed by atoms with E-state index in [1.165, 1.54) is 17.0 Å². The molecule has 11 heteroatoms. The molecule has 0 spiro atoms. The number of rotatable bonds is 6. The SMILES string of the molecule is Cc1cc(C)[n+](CCCCC([NH3+])C(=O)[O-])c(C)c1.O=S(=O)([O-])C(F)(F)F. The first-order valence-electron chi connectivity index (χ1n) is 7.70. The minimum Gasteiger partial charge on any atom is -0.741 e. The predicted octanol–water partition coefficient (Wildman–Crippen LogP) is -0.519. The number of aryl methyl sites for hydroxylation is 3. The zero-order valence-electron chi connectivity index (χ0n) is 14.8. The molecule has 0 saturated carbocycles. The topological polar surface area (TPSA) is 129 Å². The lowest BCUT2D eigenvalue weighted by molar-refractivity contribution is -0.709. The number of aliphatic carboxylic acids is 1. The number of carbonyl (C=O) groups excluding carboxylic acids is 1. The van der Waals surface area contributed by atoms with Crippen molar-refractivity contribution >= 4 is 16.1 Å². The van der Waals surface area contributed by atoms with Gasteiger partial charge >= 0.3 is 5.51 Å². The highest BCUT2D eigenvalue weighted by molar-refractivity contribution is 7.86. The standard InChI is InChI=1S/C14H22N2O2.CHF3O3S/c1-10-8-11(2)16(12(3)9-10)7-5-4-6-13(15)14(17)18;2-1(3,4)8(5,6)7/h8-9,13H,4-7,15H2,1-3H3;(H,5,6,7). The van der Waals surface area contributed by atoms with E-state index in [9.17, 15) is 23.1 Å². The molecule has 0 amide bonds. The summed E-state index contributed by atoms with van der Waals surface area (Å²) in [7, 11) is -6.09. The molecule has 150 valence electrons. The second kappa shape index (κ2) is 9.83. The van der Waals surface area contributed by atoms with E-state index in [2.05, 4.69) is 43.2 Å². The maximum atomic E-state index is 10.7. The van der Waals surface area contributed by atoms with Crippen LogP contribution in [-0.4, -0.2) is 30.5 Å². The summed E-state index contributed by atoms with van der Waals surface area (Å²) in [6.07, 6.45) is 2.42. The van der Waals surface area contributed by atoms with Crippen molar-refractivity contribution in [2.45, 2.75) is 58.1 Å². The number of carbonyl (C=O) groups is 1. The Morgan fingerprint density at radius 2 is 1.62 bits per heavy atom. The minimum atomic E-state index is -6.09. The molecule has 3 N–H and O–H groups in total. The molecular formula is C15H23F3N2O5S. The van der Waals surface area contributed by atoms with Gasteiger partial charge in [0.15, 0.2) is 21.5 Å². The Hall–Kier alpha value is -1.72. The second-order valence-corrected chi connectivity index (χ2v) is 7.25. The molecule has 0 bridgehead atoms. The van der Waals surface area contributed by atoms with E-state index in [0.717, 1.165) is 19.4 Å². The number of unbranched alkanes of at least 4 members (excludes halogenated alkanes) is 1. The minimum absolute atomic E-state index is 0.588. The monoisotopic (exact) mass is 400 g/mol. The smallest absolute Gasteiger partial charge is 0.485 e. The summed E-state index contributed by atoms with van der Waals surface area (Å²) in [5.74, 6) is -1.05. The average molecular weight is 400 g/mol. The van der Waals surface area contributed by atoms with Crippen LogP contribution in [0.1, 0.15) is 36.2 Å². The fourth-order valence-corrected chi connectivity index (χ4v) is 2.27. The largest absolute Gasteiger partial charge is 0.741 e. The van der Waals surface area contributed by atoms with Gasteiger partial charge in [-0.2, -0.15) is 13.2 Å². The Balaban J connectivity index is 0.000000660. The third kappa shape index (κ3) is 8.59. The molecule has 7 nitrogen and oxygen atoms in total. The number of quaternary nitrogens is 1. The van der Waals surface area contributed by atoms with Gasteiger partial charge in [-0.1, -0.05) is 0 Å².